The molecule has 2 fully saturated rings. The summed E-state index contributed by atoms with van der Waals surface area (Å²) < 4.78 is 13.2. The van der Waals surface area contributed by atoms with E-state index >= 15 is 0 Å². The van der Waals surface area contributed by atoms with Crippen molar-refractivity contribution in [2.45, 2.75) is 25.8 Å². The quantitative estimate of drug-likeness (QED) is 0.583. The molecule has 27 heavy (non-hydrogen) atoms. The summed E-state index contributed by atoms with van der Waals surface area (Å²) in [4.78, 5) is 20.9. The lowest BCUT2D eigenvalue weighted by Gasteiger charge is -2.38. The van der Waals surface area contributed by atoms with Crippen molar-refractivity contribution in [3.63, 3.8) is 0 Å². The first-order valence-corrected chi connectivity index (χ1v) is 9.86. The highest BCUT2D eigenvalue weighted by Gasteiger charge is 2.30. The van der Waals surface area contributed by atoms with E-state index in [1.807, 2.05) is 11.0 Å². The zero-order chi connectivity index (χ0) is 19.1. The summed E-state index contributed by atoms with van der Waals surface area (Å²) in [5.74, 6) is 1.14. The van der Waals surface area contributed by atoms with Crippen LogP contribution in [-0.4, -0.2) is 68.0 Å². The molecule has 2 N–H and O–H groups in total. The Balaban J connectivity index is 1.32. The molecule has 148 valence electrons. The van der Waals surface area contributed by atoms with Gasteiger partial charge < -0.3 is 15.5 Å². The summed E-state index contributed by atoms with van der Waals surface area (Å²) in [6.07, 6.45) is 3.35. The minimum absolute atomic E-state index is 0.229. The van der Waals surface area contributed by atoms with Gasteiger partial charge in [-0.15, -0.1) is 0 Å². The van der Waals surface area contributed by atoms with Crippen molar-refractivity contribution >= 4 is 11.9 Å². The number of guanidine groups is 1. The molecule has 0 aromatic heterocycles. The molecule has 1 aromatic carbocycles. The summed E-state index contributed by atoms with van der Waals surface area (Å²) in [5, 5.41) is 6.49. The third-order valence-electron chi connectivity index (χ3n) is 5.43. The van der Waals surface area contributed by atoms with Crippen LogP contribution in [0.3, 0.4) is 0 Å². The van der Waals surface area contributed by atoms with Gasteiger partial charge in [-0.2, -0.15) is 0 Å². The normalized spacial score (nSPS) is 18.9. The third kappa shape index (κ3) is 5.66. The molecule has 1 saturated carbocycles. The molecule has 7 heteroatoms. The minimum Gasteiger partial charge on any atom is -0.355 e. The number of rotatable bonds is 6. The van der Waals surface area contributed by atoms with E-state index in [-0.39, 0.29) is 5.82 Å². The molecule has 6 nitrogen and oxygen atoms in total. The van der Waals surface area contributed by atoms with Gasteiger partial charge in [0.05, 0.1) is 0 Å². The van der Waals surface area contributed by atoms with Crippen LogP contribution in [0.1, 0.15) is 24.8 Å². The lowest BCUT2D eigenvalue weighted by Crippen LogP contribution is -2.52. The van der Waals surface area contributed by atoms with E-state index in [0.29, 0.717) is 24.3 Å². The van der Waals surface area contributed by atoms with E-state index in [9.17, 15) is 9.18 Å². The second-order valence-corrected chi connectivity index (χ2v) is 7.28. The average Bonchev–Trinajstić information content (AvgIpc) is 2.63. The summed E-state index contributed by atoms with van der Waals surface area (Å²) in [5.41, 5.74) is 0.880. The first-order chi connectivity index (χ1) is 13.2. The molecule has 1 heterocycles. The predicted molar refractivity (Wildman–Crippen MR) is 105 cm³/mol. The Morgan fingerprint density at radius 2 is 2.00 bits per heavy atom. The highest BCUT2D eigenvalue weighted by Crippen LogP contribution is 2.28. The Labute approximate surface area is 160 Å². The molecule has 0 atom stereocenters. The van der Waals surface area contributed by atoms with Crippen molar-refractivity contribution in [1.82, 2.24) is 20.4 Å². The number of aliphatic imine (C=N–C) groups is 1. The van der Waals surface area contributed by atoms with Crippen LogP contribution >= 0.6 is 0 Å². The van der Waals surface area contributed by atoms with Crippen LogP contribution in [0.5, 0.6) is 0 Å². The monoisotopic (exact) mass is 375 g/mol. The van der Waals surface area contributed by atoms with Crippen molar-refractivity contribution in [2.75, 3.05) is 46.3 Å². The number of carbonyl (C=O) groups excluding carboxylic acids is 1. The molecule has 1 aliphatic heterocycles. The van der Waals surface area contributed by atoms with E-state index in [0.717, 1.165) is 57.7 Å². The first-order valence-electron chi connectivity index (χ1n) is 9.86. The number of halogens is 1. The second-order valence-electron chi connectivity index (χ2n) is 7.28. The maximum absolute atomic E-state index is 13.2. The van der Waals surface area contributed by atoms with Crippen molar-refractivity contribution < 1.29 is 9.18 Å². The molecule has 2 aliphatic rings. The largest absolute Gasteiger partial charge is 0.355 e. The van der Waals surface area contributed by atoms with Gasteiger partial charge in [0.2, 0.25) is 5.91 Å². The maximum atomic E-state index is 13.2. The van der Waals surface area contributed by atoms with Crippen LogP contribution in [0.15, 0.2) is 29.3 Å². The van der Waals surface area contributed by atoms with Gasteiger partial charge in [-0.3, -0.25) is 14.7 Å². The van der Waals surface area contributed by atoms with Crippen molar-refractivity contribution in [1.29, 1.82) is 0 Å². The number of amides is 1. The third-order valence-corrected chi connectivity index (χ3v) is 5.43. The fraction of sp³-hybridized carbons (Fsp3) is 0.600. The Morgan fingerprint density at radius 3 is 2.63 bits per heavy atom. The van der Waals surface area contributed by atoms with Gasteiger partial charge in [-0.1, -0.05) is 18.6 Å². The van der Waals surface area contributed by atoms with Gasteiger partial charge in [-0.25, -0.2) is 4.39 Å². The molecule has 0 bridgehead atoms. The number of carbonyl (C=O) groups is 1. The topological polar surface area (TPSA) is 60.0 Å². The number of piperazine rings is 1. The van der Waals surface area contributed by atoms with Gasteiger partial charge in [0, 0.05) is 58.8 Å². The van der Waals surface area contributed by atoms with Crippen molar-refractivity contribution in [3.8, 4) is 0 Å². The number of benzene rings is 1. The fourth-order valence-corrected chi connectivity index (χ4v) is 3.49. The highest BCUT2D eigenvalue weighted by molar-refractivity contribution is 5.80. The van der Waals surface area contributed by atoms with E-state index in [1.165, 1.54) is 18.6 Å². The summed E-state index contributed by atoms with van der Waals surface area (Å²) in [7, 11) is 1.73. The second kappa shape index (κ2) is 9.69. The first kappa shape index (κ1) is 19.6. The number of hydrogen-bond donors (Lipinski definition) is 2. The van der Waals surface area contributed by atoms with E-state index in [1.54, 1.807) is 13.1 Å². The molecule has 0 spiro atoms. The van der Waals surface area contributed by atoms with E-state index < -0.39 is 0 Å². The van der Waals surface area contributed by atoms with Crippen LogP contribution < -0.4 is 10.6 Å². The van der Waals surface area contributed by atoms with Crippen molar-refractivity contribution in [2.24, 2.45) is 10.9 Å². The van der Waals surface area contributed by atoms with Gasteiger partial charge in [0.25, 0.3) is 0 Å². The highest BCUT2D eigenvalue weighted by atomic mass is 19.1. The minimum atomic E-state index is -0.229. The molecular weight excluding hydrogens is 345 g/mol. The standard InChI is InChI=1S/C20H30FN5O/c1-22-20(24-15-16-4-2-7-18(21)14-16)23-8-9-25-10-12-26(13-11-25)19(27)17-5-3-6-17/h2,4,7,14,17H,3,5-6,8-13,15H2,1H3,(H2,22,23,24). The van der Waals surface area contributed by atoms with Crippen LogP contribution in [0.25, 0.3) is 0 Å². The number of hydrogen-bond acceptors (Lipinski definition) is 3. The van der Waals surface area contributed by atoms with E-state index in [2.05, 4.69) is 20.5 Å². The van der Waals surface area contributed by atoms with Crippen LogP contribution in [-0.2, 0) is 11.3 Å². The Hall–Kier alpha value is -2.15. The average molecular weight is 375 g/mol. The zero-order valence-corrected chi connectivity index (χ0v) is 16.1. The molecule has 3 rings (SSSR count). The Morgan fingerprint density at radius 1 is 1.22 bits per heavy atom. The Kier molecular flexibility index (Phi) is 7.04. The zero-order valence-electron chi connectivity index (χ0n) is 16.1. The summed E-state index contributed by atoms with van der Waals surface area (Å²) >= 11 is 0. The number of nitrogens with one attached hydrogen (secondary N) is 2. The smallest absolute Gasteiger partial charge is 0.225 e. The fourth-order valence-electron chi connectivity index (χ4n) is 3.49. The molecular formula is C20H30FN5O. The molecule has 1 saturated heterocycles. The summed E-state index contributed by atoms with van der Waals surface area (Å²) in [6.45, 7) is 5.74. The molecule has 0 radical (unpaired) electrons. The van der Waals surface area contributed by atoms with Gasteiger partial charge >= 0.3 is 0 Å². The van der Waals surface area contributed by atoms with Gasteiger partial charge in [0.15, 0.2) is 5.96 Å². The molecule has 1 aromatic rings. The van der Waals surface area contributed by atoms with Crippen LogP contribution in [0, 0.1) is 11.7 Å². The van der Waals surface area contributed by atoms with Gasteiger partial charge in [-0.05, 0) is 30.5 Å². The van der Waals surface area contributed by atoms with Crippen molar-refractivity contribution in [3.05, 3.63) is 35.6 Å². The van der Waals surface area contributed by atoms with E-state index in [4.69, 9.17) is 0 Å². The molecule has 1 aliphatic carbocycles. The SMILES string of the molecule is CN=C(NCCN1CCN(C(=O)C2CCC2)CC1)NCc1cccc(F)c1. The molecule has 1 amide bonds. The number of nitrogens with zero attached hydrogens (tertiary/aromatic N) is 3. The maximum Gasteiger partial charge on any atom is 0.225 e. The Bertz CT molecular complexity index is 654. The lowest BCUT2D eigenvalue weighted by atomic mass is 9.84. The lowest BCUT2D eigenvalue weighted by molar-refractivity contribution is -0.139. The predicted octanol–water partition coefficient (Wildman–Crippen LogP) is 1.44. The van der Waals surface area contributed by atoms with Gasteiger partial charge in [0.1, 0.15) is 5.82 Å². The molecule has 0 unspecified atom stereocenters. The van der Waals surface area contributed by atoms with Crippen LogP contribution in [0.4, 0.5) is 4.39 Å². The summed E-state index contributed by atoms with van der Waals surface area (Å²) in [6, 6.07) is 6.55. The van der Waals surface area contributed by atoms with Crippen LogP contribution in [0.2, 0.25) is 0 Å².